The Balaban J connectivity index is 2.71. The van der Waals surface area contributed by atoms with E-state index in [0.29, 0.717) is 23.0 Å². The largest absolute Gasteiger partial charge is 0.495 e. The summed E-state index contributed by atoms with van der Waals surface area (Å²) >= 11 is 5.91. The van der Waals surface area contributed by atoms with Crippen LogP contribution in [0.1, 0.15) is 26.7 Å². The van der Waals surface area contributed by atoms with Crippen molar-refractivity contribution in [1.29, 1.82) is 0 Å². The average Bonchev–Trinajstić information content (AvgIpc) is 2.43. The zero-order valence-electron chi connectivity index (χ0n) is 12.6. The molecule has 21 heavy (non-hydrogen) atoms. The number of hydrogen-bond acceptors (Lipinski definition) is 3. The first-order valence-electron chi connectivity index (χ1n) is 6.86. The number of rotatable bonds is 7. The van der Waals surface area contributed by atoms with Crippen LogP contribution in [0.15, 0.2) is 18.2 Å². The van der Waals surface area contributed by atoms with E-state index in [9.17, 15) is 9.59 Å². The van der Waals surface area contributed by atoms with E-state index in [1.807, 2.05) is 6.92 Å². The molecule has 0 fully saturated rings. The summed E-state index contributed by atoms with van der Waals surface area (Å²) in [7, 11) is 1.52. The smallest absolute Gasteiger partial charge is 0.244 e. The number of hydrogen-bond donors (Lipinski definition) is 1. The Kier molecular flexibility index (Phi) is 7.02. The normalized spacial score (nSPS) is 10.1. The molecule has 0 spiro atoms. The molecule has 1 rings (SSSR count). The average molecular weight is 313 g/mol. The number of carbonyl (C=O) groups is 2. The van der Waals surface area contributed by atoms with Gasteiger partial charge in [0.2, 0.25) is 11.8 Å². The fraction of sp³-hybridized carbons (Fsp3) is 0.467. The highest BCUT2D eigenvalue weighted by atomic mass is 35.5. The number of amides is 2. The molecule has 5 nitrogen and oxygen atoms in total. The van der Waals surface area contributed by atoms with Gasteiger partial charge in [0.15, 0.2) is 0 Å². The van der Waals surface area contributed by atoms with Crippen molar-refractivity contribution in [3.63, 3.8) is 0 Å². The highest BCUT2D eigenvalue weighted by Crippen LogP contribution is 2.27. The number of carbonyl (C=O) groups excluding carboxylic acids is 2. The molecule has 0 radical (unpaired) electrons. The van der Waals surface area contributed by atoms with Gasteiger partial charge in [0.05, 0.1) is 19.3 Å². The number of anilines is 1. The minimum Gasteiger partial charge on any atom is -0.495 e. The lowest BCUT2D eigenvalue weighted by molar-refractivity contribution is -0.132. The molecule has 2 amide bonds. The van der Waals surface area contributed by atoms with Crippen LogP contribution in [-0.4, -0.2) is 36.9 Å². The predicted octanol–water partition coefficient (Wildman–Crippen LogP) is 2.94. The van der Waals surface area contributed by atoms with E-state index in [0.717, 1.165) is 12.8 Å². The maximum absolute atomic E-state index is 12.1. The molecule has 0 aliphatic rings. The number of nitrogens with one attached hydrogen (secondary N) is 1. The molecule has 0 aliphatic heterocycles. The van der Waals surface area contributed by atoms with Crippen LogP contribution in [0.2, 0.25) is 5.02 Å². The Morgan fingerprint density at radius 1 is 1.38 bits per heavy atom. The van der Waals surface area contributed by atoms with E-state index in [-0.39, 0.29) is 18.4 Å². The van der Waals surface area contributed by atoms with Crippen LogP contribution in [0.3, 0.4) is 0 Å². The van der Waals surface area contributed by atoms with Gasteiger partial charge in [0.25, 0.3) is 0 Å². The van der Waals surface area contributed by atoms with Crippen molar-refractivity contribution in [3.8, 4) is 5.75 Å². The standard InChI is InChI=1S/C15H21ClN2O3/c1-4-5-8-18(11(2)19)10-15(20)17-13-9-12(16)6-7-14(13)21-3/h6-7,9H,4-5,8,10H2,1-3H3,(H,17,20). The first kappa shape index (κ1) is 17.3. The van der Waals surface area contributed by atoms with Crippen LogP contribution in [0, 0.1) is 0 Å². The molecule has 1 aromatic carbocycles. The lowest BCUT2D eigenvalue weighted by Crippen LogP contribution is -2.37. The van der Waals surface area contributed by atoms with Crippen LogP contribution >= 0.6 is 11.6 Å². The van der Waals surface area contributed by atoms with Gasteiger partial charge in [-0.15, -0.1) is 0 Å². The van der Waals surface area contributed by atoms with Gasteiger partial charge < -0.3 is 15.0 Å². The first-order chi connectivity index (χ1) is 9.97. The van der Waals surface area contributed by atoms with E-state index in [1.54, 1.807) is 18.2 Å². The zero-order chi connectivity index (χ0) is 15.8. The van der Waals surface area contributed by atoms with Gasteiger partial charge in [-0.2, -0.15) is 0 Å². The summed E-state index contributed by atoms with van der Waals surface area (Å²) in [5.41, 5.74) is 0.494. The van der Waals surface area contributed by atoms with Crippen LogP contribution in [0.4, 0.5) is 5.69 Å². The first-order valence-corrected chi connectivity index (χ1v) is 7.24. The van der Waals surface area contributed by atoms with Gasteiger partial charge in [-0.1, -0.05) is 24.9 Å². The molecular formula is C15H21ClN2O3. The summed E-state index contributed by atoms with van der Waals surface area (Å²) in [5, 5.41) is 3.22. The van der Waals surface area contributed by atoms with Crippen molar-refractivity contribution >= 4 is 29.1 Å². The van der Waals surface area contributed by atoms with Crippen LogP contribution in [-0.2, 0) is 9.59 Å². The van der Waals surface area contributed by atoms with Crippen LogP contribution in [0.5, 0.6) is 5.75 Å². The second-order valence-electron chi connectivity index (χ2n) is 4.69. The van der Waals surface area contributed by atoms with Crippen molar-refractivity contribution in [2.24, 2.45) is 0 Å². The summed E-state index contributed by atoms with van der Waals surface area (Å²) in [5.74, 6) is 0.134. The summed E-state index contributed by atoms with van der Waals surface area (Å²) in [6.45, 7) is 4.09. The van der Waals surface area contributed by atoms with Gasteiger partial charge in [0, 0.05) is 18.5 Å². The van der Waals surface area contributed by atoms with Gasteiger partial charge in [-0.25, -0.2) is 0 Å². The van der Waals surface area contributed by atoms with Crippen molar-refractivity contribution in [3.05, 3.63) is 23.2 Å². The molecule has 116 valence electrons. The second-order valence-corrected chi connectivity index (χ2v) is 5.12. The molecule has 1 N–H and O–H groups in total. The summed E-state index contributed by atoms with van der Waals surface area (Å²) in [6, 6.07) is 4.97. The Hall–Kier alpha value is -1.75. The highest BCUT2D eigenvalue weighted by Gasteiger charge is 2.14. The van der Waals surface area contributed by atoms with Crippen molar-refractivity contribution in [1.82, 2.24) is 4.90 Å². The van der Waals surface area contributed by atoms with Gasteiger partial charge in [0.1, 0.15) is 5.75 Å². The Morgan fingerprint density at radius 2 is 2.10 bits per heavy atom. The van der Waals surface area contributed by atoms with Crippen molar-refractivity contribution < 1.29 is 14.3 Å². The number of nitrogens with zero attached hydrogens (tertiary/aromatic N) is 1. The number of methoxy groups -OCH3 is 1. The maximum Gasteiger partial charge on any atom is 0.244 e. The van der Waals surface area contributed by atoms with Gasteiger partial charge >= 0.3 is 0 Å². The monoisotopic (exact) mass is 312 g/mol. The fourth-order valence-electron chi connectivity index (χ4n) is 1.84. The number of halogens is 1. The highest BCUT2D eigenvalue weighted by molar-refractivity contribution is 6.31. The SMILES string of the molecule is CCCCN(CC(=O)Nc1cc(Cl)ccc1OC)C(C)=O. The summed E-state index contributed by atoms with van der Waals surface area (Å²) in [4.78, 5) is 25.1. The zero-order valence-corrected chi connectivity index (χ0v) is 13.4. The van der Waals surface area contributed by atoms with Crippen LogP contribution < -0.4 is 10.1 Å². The molecule has 0 saturated carbocycles. The van der Waals surface area contributed by atoms with E-state index < -0.39 is 0 Å². The van der Waals surface area contributed by atoms with Gasteiger partial charge in [-0.05, 0) is 24.6 Å². The third-order valence-corrected chi connectivity index (χ3v) is 3.23. The topological polar surface area (TPSA) is 58.6 Å². The van der Waals surface area contributed by atoms with Crippen molar-refractivity contribution in [2.45, 2.75) is 26.7 Å². The van der Waals surface area contributed by atoms with E-state index in [1.165, 1.54) is 18.9 Å². The number of ether oxygens (including phenoxy) is 1. The summed E-state index contributed by atoms with van der Waals surface area (Å²) < 4.78 is 5.16. The fourth-order valence-corrected chi connectivity index (χ4v) is 2.01. The molecule has 0 aromatic heterocycles. The quantitative estimate of drug-likeness (QED) is 0.842. The molecule has 0 aliphatic carbocycles. The Bertz CT molecular complexity index is 506. The second kappa shape index (κ2) is 8.52. The minimum absolute atomic E-state index is 0.0189. The predicted molar refractivity (Wildman–Crippen MR) is 83.8 cm³/mol. The molecule has 6 heteroatoms. The molecule has 0 bridgehead atoms. The van der Waals surface area contributed by atoms with Crippen molar-refractivity contribution in [2.75, 3.05) is 25.5 Å². The minimum atomic E-state index is -0.276. The molecular weight excluding hydrogens is 292 g/mol. The van der Waals surface area contributed by atoms with E-state index >= 15 is 0 Å². The lowest BCUT2D eigenvalue weighted by atomic mass is 10.2. The third kappa shape index (κ3) is 5.63. The molecule has 0 saturated heterocycles. The van der Waals surface area contributed by atoms with Gasteiger partial charge in [-0.3, -0.25) is 9.59 Å². The van der Waals surface area contributed by atoms with Crippen LogP contribution in [0.25, 0.3) is 0 Å². The van der Waals surface area contributed by atoms with E-state index in [2.05, 4.69) is 5.32 Å². The number of unbranched alkanes of at least 4 members (excludes halogenated alkanes) is 1. The van der Waals surface area contributed by atoms with E-state index in [4.69, 9.17) is 16.3 Å². The summed E-state index contributed by atoms with van der Waals surface area (Å²) in [6.07, 6.45) is 1.83. The number of benzene rings is 1. The Morgan fingerprint density at radius 3 is 2.67 bits per heavy atom. The maximum atomic E-state index is 12.1. The third-order valence-electron chi connectivity index (χ3n) is 3.00. The molecule has 0 heterocycles. The molecule has 0 atom stereocenters. The lowest BCUT2D eigenvalue weighted by Gasteiger charge is -2.20. The molecule has 1 aromatic rings. The Labute approximate surface area is 130 Å². The molecule has 0 unspecified atom stereocenters.